The largest absolute Gasteiger partial charge is 0.392 e. The van der Waals surface area contributed by atoms with Crippen LogP contribution in [0.1, 0.15) is 19.3 Å². The van der Waals surface area contributed by atoms with Gasteiger partial charge in [-0.1, -0.05) is 0 Å². The van der Waals surface area contributed by atoms with Crippen molar-refractivity contribution < 1.29 is 5.11 Å². The van der Waals surface area contributed by atoms with E-state index in [2.05, 4.69) is 5.92 Å². The number of aliphatic hydroxyl groups excluding tert-OH is 1. The van der Waals surface area contributed by atoms with Crippen molar-refractivity contribution in [3.63, 3.8) is 0 Å². The van der Waals surface area contributed by atoms with Crippen LogP contribution in [0.15, 0.2) is 0 Å². The van der Waals surface area contributed by atoms with Gasteiger partial charge in [-0.25, -0.2) is 0 Å². The van der Waals surface area contributed by atoms with Crippen molar-refractivity contribution in [2.24, 2.45) is 0 Å². The van der Waals surface area contributed by atoms with Crippen molar-refractivity contribution in [2.45, 2.75) is 25.4 Å². The molecule has 1 N–H and O–H groups in total. The topological polar surface area (TPSA) is 23.5 Å². The quantitative estimate of drug-likeness (QED) is 0.467. The van der Waals surface area contributed by atoms with Crippen LogP contribution in [0.4, 0.5) is 0 Å². The summed E-state index contributed by atoms with van der Waals surface area (Å²) >= 11 is 0. The summed E-state index contributed by atoms with van der Waals surface area (Å²) in [6, 6.07) is 0. The Labute approximate surface area is 69.2 Å². The van der Waals surface area contributed by atoms with Crippen LogP contribution in [0.2, 0.25) is 0 Å². The van der Waals surface area contributed by atoms with E-state index in [-0.39, 0.29) is 6.10 Å². The first-order valence-corrected chi connectivity index (χ1v) is 3.93. The third-order valence-electron chi connectivity index (χ3n) is 1.43. The molecule has 0 spiro atoms. The second kappa shape index (κ2) is 6.21. The Hall–Kier alpha value is -0.520. The van der Waals surface area contributed by atoms with Gasteiger partial charge in [-0.05, 0) is 26.9 Å². The number of hydrogen-bond acceptors (Lipinski definition) is 2. The van der Waals surface area contributed by atoms with Gasteiger partial charge in [0.15, 0.2) is 0 Å². The highest BCUT2D eigenvalue weighted by molar-refractivity contribution is 4.83. The molecule has 0 rings (SSSR count). The van der Waals surface area contributed by atoms with Gasteiger partial charge in [0.05, 0.1) is 6.10 Å². The average Bonchev–Trinajstić information content (AvgIpc) is 1.86. The molecule has 0 aliphatic heterocycles. The second-order valence-electron chi connectivity index (χ2n) is 3.01. The average molecular weight is 155 g/mol. The molecule has 64 valence electrons. The molecule has 0 radical (unpaired) electrons. The Morgan fingerprint density at radius 3 is 2.64 bits per heavy atom. The molecule has 0 bridgehead atoms. The molecular formula is C9H17NO. The summed E-state index contributed by atoms with van der Waals surface area (Å²) in [5, 5.41) is 9.34. The molecule has 1 unspecified atom stereocenters. The highest BCUT2D eigenvalue weighted by Crippen LogP contribution is 2.00. The fourth-order valence-electron chi connectivity index (χ4n) is 0.953. The lowest BCUT2D eigenvalue weighted by molar-refractivity contribution is 0.126. The smallest absolute Gasteiger partial charge is 0.0667 e. The fraction of sp³-hybridized carbons (Fsp3) is 0.778. The molecule has 0 saturated carbocycles. The van der Waals surface area contributed by atoms with E-state index in [1.165, 1.54) is 0 Å². The molecular weight excluding hydrogens is 138 g/mol. The Morgan fingerprint density at radius 2 is 2.18 bits per heavy atom. The van der Waals surface area contributed by atoms with Crippen LogP contribution < -0.4 is 0 Å². The number of rotatable bonds is 5. The van der Waals surface area contributed by atoms with E-state index in [4.69, 9.17) is 6.42 Å². The third kappa shape index (κ3) is 7.38. The Bertz CT molecular complexity index is 126. The number of unbranched alkanes of at least 4 members (excludes halogenated alkanes) is 1. The minimum absolute atomic E-state index is 0.224. The lowest BCUT2D eigenvalue weighted by Crippen LogP contribution is -2.25. The minimum Gasteiger partial charge on any atom is -0.392 e. The van der Waals surface area contributed by atoms with Crippen molar-refractivity contribution in [3.8, 4) is 12.3 Å². The van der Waals surface area contributed by atoms with Crippen molar-refractivity contribution in [2.75, 3.05) is 20.6 Å². The summed E-state index contributed by atoms with van der Waals surface area (Å²) in [5.41, 5.74) is 0. The van der Waals surface area contributed by atoms with Crippen LogP contribution in [0, 0.1) is 12.3 Å². The van der Waals surface area contributed by atoms with Crippen LogP contribution in [0.3, 0.4) is 0 Å². The van der Waals surface area contributed by atoms with Crippen LogP contribution in [0.5, 0.6) is 0 Å². The van der Waals surface area contributed by atoms with Gasteiger partial charge in [0.1, 0.15) is 0 Å². The minimum atomic E-state index is -0.224. The number of terminal acetylenes is 1. The lowest BCUT2D eigenvalue weighted by atomic mass is 10.1. The molecule has 0 aromatic carbocycles. The van der Waals surface area contributed by atoms with E-state index in [9.17, 15) is 5.11 Å². The summed E-state index contributed by atoms with van der Waals surface area (Å²) in [6.07, 6.45) is 7.35. The first kappa shape index (κ1) is 10.5. The number of aliphatic hydroxyl groups is 1. The van der Waals surface area contributed by atoms with Gasteiger partial charge in [-0.3, -0.25) is 0 Å². The molecule has 0 aliphatic rings. The van der Waals surface area contributed by atoms with Crippen molar-refractivity contribution in [1.29, 1.82) is 0 Å². The first-order valence-electron chi connectivity index (χ1n) is 3.93. The van der Waals surface area contributed by atoms with Gasteiger partial charge in [0, 0.05) is 13.0 Å². The van der Waals surface area contributed by atoms with E-state index in [1.54, 1.807) is 0 Å². The molecule has 0 amide bonds. The summed E-state index contributed by atoms with van der Waals surface area (Å²) in [7, 11) is 3.90. The molecule has 1 atom stereocenters. The van der Waals surface area contributed by atoms with E-state index in [0.29, 0.717) is 0 Å². The second-order valence-corrected chi connectivity index (χ2v) is 3.01. The van der Waals surface area contributed by atoms with Crippen molar-refractivity contribution in [1.82, 2.24) is 4.90 Å². The van der Waals surface area contributed by atoms with E-state index >= 15 is 0 Å². The number of likely N-dealkylation sites (N-methyl/N-ethyl adjacent to an activating group) is 1. The highest BCUT2D eigenvalue weighted by Gasteiger charge is 2.03. The van der Waals surface area contributed by atoms with Gasteiger partial charge in [0.2, 0.25) is 0 Å². The number of hydrogen-bond donors (Lipinski definition) is 1. The van der Waals surface area contributed by atoms with Gasteiger partial charge in [-0.15, -0.1) is 12.3 Å². The predicted octanol–water partition coefficient (Wildman–Crippen LogP) is 0.712. The SMILES string of the molecule is C#CCCCC(O)CN(C)C. The maximum Gasteiger partial charge on any atom is 0.0667 e. The third-order valence-corrected chi connectivity index (χ3v) is 1.43. The lowest BCUT2D eigenvalue weighted by Gasteiger charge is -2.14. The Morgan fingerprint density at radius 1 is 1.55 bits per heavy atom. The molecule has 0 saturated heterocycles. The van der Waals surface area contributed by atoms with Gasteiger partial charge < -0.3 is 10.0 Å². The zero-order chi connectivity index (χ0) is 8.69. The maximum absolute atomic E-state index is 9.34. The van der Waals surface area contributed by atoms with Crippen LogP contribution in [-0.4, -0.2) is 36.8 Å². The molecule has 11 heavy (non-hydrogen) atoms. The van der Waals surface area contributed by atoms with Crippen molar-refractivity contribution in [3.05, 3.63) is 0 Å². The zero-order valence-electron chi connectivity index (χ0n) is 7.38. The van der Waals surface area contributed by atoms with Gasteiger partial charge in [0.25, 0.3) is 0 Å². The first-order chi connectivity index (χ1) is 5.16. The van der Waals surface area contributed by atoms with Crippen molar-refractivity contribution >= 4 is 0 Å². The molecule has 0 aromatic rings. The molecule has 0 aromatic heterocycles. The molecule has 2 heteroatoms. The van der Waals surface area contributed by atoms with E-state index in [1.807, 2.05) is 19.0 Å². The van der Waals surface area contributed by atoms with E-state index < -0.39 is 0 Å². The number of nitrogens with zero attached hydrogens (tertiary/aromatic N) is 1. The predicted molar refractivity (Wildman–Crippen MR) is 47.2 cm³/mol. The van der Waals surface area contributed by atoms with Gasteiger partial charge in [-0.2, -0.15) is 0 Å². The summed E-state index contributed by atoms with van der Waals surface area (Å²) in [6.45, 7) is 0.727. The Balaban J connectivity index is 3.24. The highest BCUT2D eigenvalue weighted by atomic mass is 16.3. The molecule has 0 heterocycles. The fourth-order valence-corrected chi connectivity index (χ4v) is 0.953. The molecule has 0 aliphatic carbocycles. The standard InChI is InChI=1S/C9H17NO/c1-4-5-6-7-9(11)8-10(2)3/h1,9,11H,5-8H2,2-3H3. The molecule has 0 fully saturated rings. The maximum atomic E-state index is 9.34. The van der Waals surface area contributed by atoms with Crippen LogP contribution >= 0.6 is 0 Å². The monoisotopic (exact) mass is 155 g/mol. The van der Waals surface area contributed by atoms with E-state index in [0.717, 1.165) is 25.8 Å². The normalized spacial score (nSPS) is 13.0. The summed E-state index contributed by atoms with van der Waals surface area (Å²) < 4.78 is 0. The molecule has 2 nitrogen and oxygen atoms in total. The van der Waals surface area contributed by atoms with Gasteiger partial charge >= 0.3 is 0 Å². The van der Waals surface area contributed by atoms with Crippen LogP contribution in [0.25, 0.3) is 0 Å². The zero-order valence-corrected chi connectivity index (χ0v) is 7.38. The van der Waals surface area contributed by atoms with Crippen LogP contribution in [-0.2, 0) is 0 Å². The summed E-state index contributed by atoms with van der Waals surface area (Å²) in [4.78, 5) is 1.97. The Kier molecular flexibility index (Phi) is 5.91. The summed E-state index contributed by atoms with van der Waals surface area (Å²) in [5.74, 6) is 2.55.